The van der Waals surface area contributed by atoms with Crippen molar-refractivity contribution >= 4 is 15.9 Å². The van der Waals surface area contributed by atoms with Gasteiger partial charge < -0.3 is 9.84 Å². The highest BCUT2D eigenvalue weighted by Gasteiger charge is 2.35. The van der Waals surface area contributed by atoms with Crippen molar-refractivity contribution in [3.63, 3.8) is 0 Å². The molecule has 2 rings (SSSR count). The first-order valence-corrected chi connectivity index (χ1v) is 6.30. The molecule has 1 aromatic rings. The molecule has 1 aliphatic carbocycles. The molecule has 16 heavy (non-hydrogen) atoms. The van der Waals surface area contributed by atoms with Gasteiger partial charge in [-0.3, -0.25) is 4.98 Å². The zero-order valence-corrected chi connectivity index (χ0v) is 10.9. The summed E-state index contributed by atoms with van der Waals surface area (Å²) in [4.78, 5) is 4.08. The lowest BCUT2D eigenvalue weighted by Gasteiger charge is -2.21. The molecule has 1 N–H and O–H groups in total. The number of aliphatic hydroxyl groups excluding tert-OH is 1. The first kappa shape index (κ1) is 12.0. The maximum Gasteiger partial charge on any atom is 0.0861 e. The molecule has 1 aromatic heterocycles. The molecule has 0 aliphatic heterocycles. The molecule has 0 aromatic carbocycles. The van der Waals surface area contributed by atoms with Gasteiger partial charge in [0.2, 0.25) is 0 Å². The summed E-state index contributed by atoms with van der Waals surface area (Å²) < 4.78 is 6.30. The molecule has 2 atom stereocenters. The number of pyridine rings is 1. The van der Waals surface area contributed by atoms with Crippen molar-refractivity contribution in [2.75, 3.05) is 7.11 Å². The number of aliphatic hydroxyl groups is 1. The SMILES string of the molecule is COC(C(O)Cc1cncc(Br)c1)C1CC1. The Morgan fingerprint density at radius 2 is 2.31 bits per heavy atom. The zero-order chi connectivity index (χ0) is 11.5. The van der Waals surface area contributed by atoms with Gasteiger partial charge in [-0.25, -0.2) is 0 Å². The Balaban J connectivity index is 1.97. The van der Waals surface area contributed by atoms with Gasteiger partial charge in [-0.1, -0.05) is 0 Å². The third kappa shape index (κ3) is 3.03. The maximum atomic E-state index is 10.1. The lowest BCUT2D eigenvalue weighted by atomic mass is 10.0. The largest absolute Gasteiger partial charge is 0.390 e. The Morgan fingerprint density at radius 3 is 2.88 bits per heavy atom. The third-order valence-electron chi connectivity index (χ3n) is 2.94. The summed E-state index contributed by atoms with van der Waals surface area (Å²) in [7, 11) is 1.67. The fourth-order valence-corrected chi connectivity index (χ4v) is 2.43. The Bertz CT molecular complexity index is 355. The van der Waals surface area contributed by atoms with E-state index in [-0.39, 0.29) is 6.10 Å². The van der Waals surface area contributed by atoms with Gasteiger partial charge in [0, 0.05) is 30.4 Å². The molecular weight excluding hydrogens is 270 g/mol. The Hall–Kier alpha value is -0.450. The van der Waals surface area contributed by atoms with Crippen molar-refractivity contribution in [3.05, 3.63) is 28.5 Å². The molecule has 0 radical (unpaired) electrons. The van der Waals surface area contributed by atoms with Crippen molar-refractivity contribution < 1.29 is 9.84 Å². The van der Waals surface area contributed by atoms with Gasteiger partial charge >= 0.3 is 0 Å². The van der Waals surface area contributed by atoms with Gasteiger partial charge in [0.15, 0.2) is 0 Å². The summed E-state index contributed by atoms with van der Waals surface area (Å²) in [6.45, 7) is 0. The number of rotatable bonds is 5. The van der Waals surface area contributed by atoms with E-state index in [0.29, 0.717) is 12.3 Å². The predicted molar refractivity (Wildman–Crippen MR) is 65.2 cm³/mol. The van der Waals surface area contributed by atoms with E-state index >= 15 is 0 Å². The monoisotopic (exact) mass is 285 g/mol. The Labute approximate surface area is 104 Å². The van der Waals surface area contributed by atoms with Crippen LogP contribution in [0.2, 0.25) is 0 Å². The molecule has 88 valence electrons. The molecule has 0 saturated heterocycles. The van der Waals surface area contributed by atoms with E-state index in [1.165, 1.54) is 12.8 Å². The zero-order valence-electron chi connectivity index (χ0n) is 9.27. The van der Waals surface area contributed by atoms with Gasteiger partial charge in [-0.05, 0) is 46.3 Å². The average molecular weight is 286 g/mol. The summed E-state index contributed by atoms with van der Waals surface area (Å²) in [6.07, 6.45) is 6.01. The maximum absolute atomic E-state index is 10.1. The van der Waals surface area contributed by atoms with Crippen LogP contribution in [0.15, 0.2) is 22.9 Å². The van der Waals surface area contributed by atoms with Crippen molar-refractivity contribution in [2.45, 2.75) is 31.5 Å². The molecule has 1 heterocycles. The molecule has 1 fully saturated rings. The lowest BCUT2D eigenvalue weighted by molar-refractivity contribution is -0.0238. The topological polar surface area (TPSA) is 42.4 Å². The van der Waals surface area contributed by atoms with E-state index in [0.717, 1.165) is 10.0 Å². The molecule has 0 amide bonds. The fourth-order valence-electron chi connectivity index (χ4n) is 2.01. The Kier molecular flexibility index (Phi) is 3.95. The minimum atomic E-state index is -0.436. The summed E-state index contributed by atoms with van der Waals surface area (Å²) in [5.41, 5.74) is 1.03. The van der Waals surface area contributed by atoms with Gasteiger partial charge in [0.05, 0.1) is 12.2 Å². The molecule has 1 aliphatic rings. The minimum Gasteiger partial charge on any atom is -0.390 e. The van der Waals surface area contributed by atoms with Crippen molar-refractivity contribution in [1.82, 2.24) is 4.98 Å². The second kappa shape index (κ2) is 5.25. The summed E-state index contributed by atoms with van der Waals surface area (Å²) >= 11 is 3.37. The highest BCUT2D eigenvalue weighted by molar-refractivity contribution is 9.10. The van der Waals surface area contributed by atoms with Gasteiger partial charge in [0.1, 0.15) is 0 Å². The lowest BCUT2D eigenvalue weighted by Crippen LogP contribution is -2.31. The van der Waals surface area contributed by atoms with Crippen LogP contribution in [0, 0.1) is 5.92 Å². The second-order valence-corrected chi connectivity index (χ2v) is 5.24. The number of hydrogen-bond donors (Lipinski definition) is 1. The first-order chi connectivity index (χ1) is 7.70. The van der Waals surface area contributed by atoms with Crippen LogP contribution in [-0.2, 0) is 11.2 Å². The normalized spacial score (nSPS) is 19.4. The Morgan fingerprint density at radius 1 is 1.56 bits per heavy atom. The van der Waals surface area contributed by atoms with Gasteiger partial charge in [-0.15, -0.1) is 0 Å². The molecule has 0 bridgehead atoms. The quantitative estimate of drug-likeness (QED) is 0.902. The highest BCUT2D eigenvalue weighted by Crippen LogP contribution is 2.36. The first-order valence-electron chi connectivity index (χ1n) is 5.51. The van der Waals surface area contributed by atoms with E-state index in [2.05, 4.69) is 20.9 Å². The van der Waals surface area contributed by atoms with E-state index in [4.69, 9.17) is 4.74 Å². The van der Waals surface area contributed by atoms with Crippen LogP contribution < -0.4 is 0 Å². The molecule has 3 nitrogen and oxygen atoms in total. The summed E-state index contributed by atoms with van der Waals surface area (Å²) in [6, 6.07) is 1.98. The van der Waals surface area contributed by atoms with Crippen LogP contribution in [0.4, 0.5) is 0 Å². The van der Waals surface area contributed by atoms with Crippen molar-refractivity contribution in [3.8, 4) is 0 Å². The predicted octanol–water partition coefficient (Wildman–Crippen LogP) is 2.17. The number of aromatic nitrogens is 1. The molecular formula is C12H16BrNO2. The van der Waals surface area contributed by atoms with Crippen LogP contribution in [0.25, 0.3) is 0 Å². The number of methoxy groups -OCH3 is 1. The highest BCUT2D eigenvalue weighted by atomic mass is 79.9. The van der Waals surface area contributed by atoms with Crippen LogP contribution in [0.3, 0.4) is 0 Å². The number of ether oxygens (including phenoxy) is 1. The summed E-state index contributed by atoms with van der Waals surface area (Å²) in [5, 5.41) is 10.1. The standard InChI is InChI=1S/C12H16BrNO2/c1-16-12(9-2-3-9)11(15)5-8-4-10(13)7-14-6-8/h4,6-7,9,11-12,15H,2-3,5H2,1H3. The van der Waals surface area contributed by atoms with Crippen LogP contribution >= 0.6 is 15.9 Å². The fraction of sp³-hybridized carbons (Fsp3) is 0.583. The molecule has 2 unspecified atom stereocenters. The second-order valence-electron chi connectivity index (χ2n) is 4.32. The van der Waals surface area contributed by atoms with Crippen LogP contribution in [0.5, 0.6) is 0 Å². The van der Waals surface area contributed by atoms with Crippen molar-refractivity contribution in [2.24, 2.45) is 5.92 Å². The van der Waals surface area contributed by atoms with Crippen molar-refractivity contribution in [1.29, 1.82) is 0 Å². The van der Waals surface area contributed by atoms with E-state index in [1.54, 1.807) is 19.5 Å². The van der Waals surface area contributed by atoms with Crippen LogP contribution in [0.1, 0.15) is 18.4 Å². The smallest absolute Gasteiger partial charge is 0.0861 e. The number of hydrogen-bond acceptors (Lipinski definition) is 3. The number of halogens is 1. The number of nitrogens with zero attached hydrogens (tertiary/aromatic N) is 1. The third-order valence-corrected chi connectivity index (χ3v) is 3.38. The molecule has 4 heteroatoms. The van der Waals surface area contributed by atoms with Gasteiger partial charge in [-0.2, -0.15) is 0 Å². The molecule has 0 spiro atoms. The van der Waals surface area contributed by atoms with E-state index in [1.807, 2.05) is 6.07 Å². The van der Waals surface area contributed by atoms with E-state index in [9.17, 15) is 5.11 Å². The summed E-state index contributed by atoms with van der Waals surface area (Å²) in [5.74, 6) is 0.542. The van der Waals surface area contributed by atoms with Crippen LogP contribution in [-0.4, -0.2) is 29.4 Å². The average Bonchev–Trinajstić information content (AvgIpc) is 3.03. The van der Waals surface area contributed by atoms with Gasteiger partial charge in [0.25, 0.3) is 0 Å². The van der Waals surface area contributed by atoms with E-state index < -0.39 is 6.10 Å². The molecule has 1 saturated carbocycles. The minimum absolute atomic E-state index is 0.0287.